The third-order valence-corrected chi connectivity index (χ3v) is 3.46. The Labute approximate surface area is 118 Å². The van der Waals surface area contributed by atoms with Crippen molar-refractivity contribution in [2.45, 2.75) is 38.6 Å². The average molecular weight is 276 g/mol. The second kappa shape index (κ2) is 5.94. The van der Waals surface area contributed by atoms with Gasteiger partial charge in [0.05, 0.1) is 0 Å². The van der Waals surface area contributed by atoms with E-state index in [1.54, 1.807) is 6.07 Å². The van der Waals surface area contributed by atoms with E-state index in [9.17, 15) is 9.59 Å². The standard InChI is InChI=1S/C15H20N2O3/c1-9(2)11-4-3-5-12(8-11)16-15(20)17-13(14(18)19)10-6-7-10/h3-5,8-10,13H,6-7H2,1-2H3,(H,18,19)(H2,16,17,20). The quantitative estimate of drug-likeness (QED) is 0.773. The zero-order valence-corrected chi connectivity index (χ0v) is 11.7. The van der Waals surface area contributed by atoms with Gasteiger partial charge >= 0.3 is 12.0 Å². The number of benzene rings is 1. The molecule has 5 nitrogen and oxygen atoms in total. The number of carbonyl (C=O) groups is 2. The van der Waals surface area contributed by atoms with Crippen molar-refractivity contribution < 1.29 is 14.7 Å². The molecule has 0 spiro atoms. The fourth-order valence-electron chi connectivity index (χ4n) is 2.09. The number of hydrogen-bond acceptors (Lipinski definition) is 2. The summed E-state index contributed by atoms with van der Waals surface area (Å²) in [6.45, 7) is 4.15. The van der Waals surface area contributed by atoms with Crippen molar-refractivity contribution in [3.05, 3.63) is 29.8 Å². The van der Waals surface area contributed by atoms with Crippen LogP contribution in [-0.4, -0.2) is 23.1 Å². The van der Waals surface area contributed by atoms with Gasteiger partial charge in [-0.15, -0.1) is 0 Å². The molecule has 0 bridgehead atoms. The predicted molar refractivity (Wildman–Crippen MR) is 76.8 cm³/mol. The Balaban J connectivity index is 1.97. The van der Waals surface area contributed by atoms with Crippen molar-refractivity contribution in [2.75, 3.05) is 5.32 Å². The molecule has 3 N–H and O–H groups in total. The molecule has 1 aromatic carbocycles. The summed E-state index contributed by atoms with van der Waals surface area (Å²) in [6.07, 6.45) is 1.72. The van der Waals surface area contributed by atoms with Gasteiger partial charge < -0.3 is 15.7 Å². The van der Waals surface area contributed by atoms with Gasteiger partial charge in [0, 0.05) is 5.69 Å². The molecule has 5 heteroatoms. The summed E-state index contributed by atoms with van der Waals surface area (Å²) >= 11 is 0. The van der Waals surface area contributed by atoms with Gasteiger partial charge in [0.2, 0.25) is 0 Å². The third kappa shape index (κ3) is 3.73. The maximum Gasteiger partial charge on any atom is 0.326 e. The van der Waals surface area contributed by atoms with Gasteiger partial charge in [0.25, 0.3) is 0 Å². The molecule has 108 valence electrons. The number of anilines is 1. The highest BCUT2D eigenvalue weighted by atomic mass is 16.4. The van der Waals surface area contributed by atoms with Gasteiger partial charge in [-0.2, -0.15) is 0 Å². The van der Waals surface area contributed by atoms with Crippen LogP contribution in [0.15, 0.2) is 24.3 Å². The van der Waals surface area contributed by atoms with E-state index >= 15 is 0 Å². The summed E-state index contributed by atoms with van der Waals surface area (Å²) < 4.78 is 0. The summed E-state index contributed by atoms with van der Waals surface area (Å²) in [6, 6.07) is 6.31. The molecule has 1 aliphatic carbocycles. The molecule has 1 atom stereocenters. The van der Waals surface area contributed by atoms with Gasteiger partial charge in [-0.1, -0.05) is 26.0 Å². The van der Waals surface area contributed by atoms with E-state index in [4.69, 9.17) is 5.11 Å². The lowest BCUT2D eigenvalue weighted by Gasteiger charge is -2.15. The first-order chi connectivity index (χ1) is 9.47. The van der Waals surface area contributed by atoms with Gasteiger partial charge in [-0.3, -0.25) is 0 Å². The second-order valence-corrected chi connectivity index (χ2v) is 5.53. The lowest BCUT2D eigenvalue weighted by Crippen LogP contribution is -2.44. The third-order valence-electron chi connectivity index (χ3n) is 3.46. The van der Waals surface area contributed by atoms with Crippen LogP contribution in [-0.2, 0) is 4.79 Å². The fraction of sp³-hybridized carbons (Fsp3) is 0.467. The summed E-state index contributed by atoms with van der Waals surface area (Å²) in [4.78, 5) is 22.9. The van der Waals surface area contributed by atoms with E-state index in [1.807, 2.05) is 18.2 Å². The maximum atomic E-state index is 11.9. The van der Waals surface area contributed by atoms with Gasteiger partial charge in [0.1, 0.15) is 6.04 Å². The molecule has 20 heavy (non-hydrogen) atoms. The van der Waals surface area contributed by atoms with Crippen molar-refractivity contribution in [1.29, 1.82) is 0 Å². The molecule has 1 unspecified atom stereocenters. The smallest absolute Gasteiger partial charge is 0.326 e. The molecule has 2 amide bonds. The van der Waals surface area contributed by atoms with Crippen molar-refractivity contribution in [2.24, 2.45) is 5.92 Å². The minimum atomic E-state index is -0.974. The largest absolute Gasteiger partial charge is 0.480 e. The minimum Gasteiger partial charge on any atom is -0.480 e. The Morgan fingerprint density at radius 3 is 2.55 bits per heavy atom. The molecule has 1 aromatic rings. The first kappa shape index (κ1) is 14.4. The number of carbonyl (C=O) groups excluding carboxylic acids is 1. The summed E-state index contributed by atoms with van der Waals surface area (Å²) in [5, 5.41) is 14.3. The Morgan fingerprint density at radius 2 is 2.00 bits per heavy atom. The Bertz CT molecular complexity index is 510. The number of carboxylic acids is 1. The highest BCUT2D eigenvalue weighted by molar-refractivity contribution is 5.92. The number of rotatable bonds is 5. The SMILES string of the molecule is CC(C)c1cccc(NC(=O)NC(C(=O)O)C2CC2)c1. The first-order valence-electron chi connectivity index (χ1n) is 6.87. The Hall–Kier alpha value is -2.04. The van der Waals surface area contributed by atoms with Crippen molar-refractivity contribution >= 4 is 17.7 Å². The highest BCUT2D eigenvalue weighted by Crippen LogP contribution is 2.32. The summed E-state index contributed by atoms with van der Waals surface area (Å²) in [7, 11) is 0. The van der Waals surface area contributed by atoms with Crippen LogP contribution in [0, 0.1) is 5.92 Å². The zero-order valence-electron chi connectivity index (χ0n) is 11.7. The van der Waals surface area contributed by atoms with Crippen LogP contribution in [0.3, 0.4) is 0 Å². The monoisotopic (exact) mass is 276 g/mol. The molecule has 2 rings (SSSR count). The minimum absolute atomic E-state index is 0.0697. The molecule has 0 aromatic heterocycles. The lowest BCUT2D eigenvalue weighted by molar-refractivity contribution is -0.139. The number of amides is 2. The van der Waals surface area contributed by atoms with Crippen LogP contribution in [0.1, 0.15) is 38.2 Å². The second-order valence-electron chi connectivity index (χ2n) is 5.53. The van der Waals surface area contributed by atoms with E-state index in [1.165, 1.54) is 0 Å². The zero-order chi connectivity index (χ0) is 14.7. The summed E-state index contributed by atoms with van der Waals surface area (Å²) in [5.74, 6) is -0.531. The molecule has 1 fully saturated rings. The van der Waals surface area contributed by atoms with E-state index in [0.29, 0.717) is 11.6 Å². The van der Waals surface area contributed by atoms with Crippen LogP contribution in [0.2, 0.25) is 0 Å². The summed E-state index contributed by atoms with van der Waals surface area (Å²) in [5.41, 5.74) is 1.80. The van der Waals surface area contributed by atoms with Crippen LogP contribution in [0.4, 0.5) is 10.5 Å². The van der Waals surface area contributed by atoms with Gasteiger partial charge in [-0.25, -0.2) is 9.59 Å². The van der Waals surface area contributed by atoms with Crippen molar-refractivity contribution in [1.82, 2.24) is 5.32 Å². The molecular weight excluding hydrogens is 256 g/mol. The normalized spacial score (nSPS) is 15.8. The Kier molecular flexibility index (Phi) is 4.27. The number of carboxylic acid groups (broad SMARTS) is 1. The van der Waals surface area contributed by atoms with Crippen LogP contribution >= 0.6 is 0 Å². The van der Waals surface area contributed by atoms with Crippen LogP contribution < -0.4 is 10.6 Å². The van der Waals surface area contributed by atoms with E-state index < -0.39 is 18.0 Å². The maximum absolute atomic E-state index is 11.9. The van der Waals surface area contributed by atoms with Crippen molar-refractivity contribution in [3.63, 3.8) is 0 Å². The van der Waals surface area contributed by atoms with Gasteiger partial charge in [-0.05, 0) is 42.4 Å². The molecule has 1 saturated carbocycles. The number of hydrogen-bond donors (Lipinski definition) is 3. The molecule has 0 heterocycles. The van der Waals surface area contributed by atoms with Gasteiger partial charge in [0.15, 0.2) is 0 Å². The topological polar surface area (TPSA) is 78.4 Å². The molecule has 0 radical (unpaired) electrons. The molecule has 1 aliphatic rings. The van der Waals surface area contributed by atoms with Crippen LogP contribution in [0.25, 0.3) is 0 Å². The molecular formula is C15H20N2O3. The van der Waals surface area contributed by atoms with E-state index in [0.717, 1.165) is 18.4 Å². The van der Waals surface area contributed by atoms with E-state index in [-0.39, 0.29) is 5.92 Å². The lowest BCUT2D eigenvalue weighted by atomic mass is 10.0. The molecule has 0 saturated heterocycles. The van der Waals surface area contributed by atoms with Crippen molar-refractivity contribution in [3.8, 4) is 0 Å². The highest BCUT2D eigenvalue weighted by Gasteiger charge is 2.37. The average Bonchev–Trinajstić information content (AvgIpc) is 3.20. The van der Waals surface area contributed by atoms with Crippen LogP contribution in [0.5, 0.6) is 0 Å². The number of urea groups is 1. The van der Waals surface area contributed by atoms with E-state index in [2.05, 4.69) is 24.5 Å². The predicted octanol–water partition coefficient (Wildman–Crippen LogP) is 2.79. The Morgan fingerprint density at radius 1 is 1.30 bits per heavy atom. The molecule has 0 aliphatic heterocycles. The number of aliphatic carboxylic acids is 1. The number of nitrogens with one attached hydrogen (secondary N) is 2. The first-order valence-corrected chi connectivity index (χ1v) is 6.87. The fourth-order valence-corrected chi connectivity index (χ4v) is 2.09.